The Morgan fingerprint density at radius 1 is 0.967 bits per heavy atom. The lowest BCUT2D eigenvalue weighted by Gasteiger charge is -2.21. The largest absolute Gasteiger partial charge is 0.323 e. The van der Waals surface area contributed by atoms with Crippen molar-refractivity contribution in [2.45, 2.75) is 37.5 Å². The highest BCUT2D eigenvalue weighted by Gasteiger charge is 2.27. The number of nitro benzene ring substituents is 1. The summed E-state index contributed by atoms with van der Waals surface area (Å²) in [5, 5.41) is 15.9. The van der Waals surface area contributed by atoms with Gasteiger partial charge in [-0.15, -0.1) is 0 Å². The van der Waals surface area contributed by atoms with Crippen LogP contribution in [0, 0.1) is 17.0 Å². The van der Waals surface area contributed by atoms with Gasteiger partial charge in [-0.05, 0) is 49.6 Å². The number of anilines is 2. The molecule has 1 aliphatic rings. The number of rotatable bonds is 5. The molecular formula is C20H24N4O5S. The number of benzene rings is 2. The topological polar surface area (TPSA) is 122 Å². The maximum Gasteiger partial charge on any atom is 0.323 e. The summed E-state index contributed by atoms with van der Waals surface area (Å²) in [6.07, 6.45) is 3.73. The third-order valence-corrected chi connectivity index (χ3v) is 7.01. The number of hydrogen-bond acceptors (Lipinski definition) is 5. The van der Waals surface area contributed by atoms with Crippen LogP contribution in [0.5, 0.6) is 0 Å². The zero-order valence-electron chi connectivity index (χ0n) is 16.6. The predicted molar refractivity (Wildman–Crippen MR) is 114 cm³/mol. The molecule has 30 heavy (non-hydrogen) atoms. The Kier molecular flexibility index (Phi) is 6.68. The number of non-ortho nitro benzene ring substituents is 1. The Bertz CT molecular complexity index is 1030. The lowest BCUT2D eigenvalue weighted by atomic mass is 10.2. The molecule has 0 bridgehead atoms. The standard InChI is InChI=1S/C20H24N4O5S/c1-15-6-7-17(14-19(15)30(28,29)23-12-4-2-3-5-13-23)22-20(25)21-16-8-10-18(11-9-16)24(26)27/h6-11,14H,2-5,12-13H2,1H3,(H2,21,22,25). The first kappa shape index (κ1) is 21.7. The molecule has 0 spiro atoms. The average molecular weight is 433 g/mol. The van der Waals surface area contributed by atoms with E-state index in [9.17, 15) is 23.3 Å². The van der Waals surface area contributed by atoms with E-state index in [1.807, 2.05) is 0 Å². The van der Waals surface area contributed by atoms with Crippen molar-refractivity contribution in [2.75, 3.05) is 23.7 Å². The van der Waals surface area contributed by atoms with Gasteiger partial charge in [-0.25, -0.2) is 13.2 Å². The highest BCUT2D eigenvalue weighted by atomic mass is 32.2. The second-order valence-electron chi connectivity index (χ2n) is 7.18. The fourth-order valence-corrected chi connectivity index (χ4v) is 5.10. The van der Waals surface area contributed by atoms with Crippen molar-refractivity contribution in [3.63, 3.8) is 0 Å². The van der Waals surface area contributed by atoms with E-state index in [0.29, 0.717) is 30.0 Å². The van der Waals surface area contributed by atoms with E-state index in [4.69, 9.17) is 0 Å². The second kappa shape index (κ2) is 9.23. The van der Waals surface area contributed by atoms with Crippen molar-refractivity contribution in [3.05, 3.63) is 58.1 Å². The summed E-state index contributed by atoms with van der Waals surface area (Å²) < 4.78 is 27.8. The fraction of sp³-hybridized carbons (Fsp3) is 0.350. The smallest absolute Gasteiger partial charge is 0.308 e. The molecule has 0 unspecified atom stereocenters. The van der Waals surface area contributed by atoms with Crippen LogP contribution in [0.25, 0.3) is 0 Å². The van der Waals surface area contributed by atoms with Crippen molar-refractivity contribution in [2.24, 2.45) is 0 Å². The molecule has 9 nitrogen and oxygen atoms in total. The van der Waals surface area contributed by atoms with Gasteiger partial charge in [-0.3, -0.25) is 10.1 Å². The second-order valence-corrected chi connectivity index (χ2v) is 9.09. The van der Waals surface area contributed by atoms with Crippen LogP contribution in [0.2, 0.25) is 0 Å². The highest BCUT2D eigenvalue weighted by molar-refractivity contribution is 7.89. The van der Waals surface area contributed by atoms with Crippen LogP contribution in [0.3, 0.4) is 0 Å². The first-order chi connectivity index (χ1) is 14.3. The van der Waals surface area contributed by atoms with Gasteiger partial charge in [-0.1, -0.05) is 18.9 Å². The van der Waals surface area contributed by atoms with E-state index >= 15 is 0 Å². The lowest BCUT2D eigenvalue weighted by Crippen LogP contribution is -2.32. The summed E-state index contributed by atoms with van der Waals surface area (Å²) in [6.45, 7) is 2.73. The van der Waals surface area contributed by atoms with Gasteiger partial charge < -0.3 is 10.6 Å². The minimum absolute atomic E-state index is 0.0807. The molecule has 3 rings (SSSR count). The summed E-state index contributed by atoms with van der Waals surface area (Å²) in [7, 11) is -3.65. The molecule has 0 aromatic heterocycles. The van der Waals surface area contributed by atoms with Crippen LogP contribution in [0.1, 0.15) is 31.2 Å². The number of amides is 2. The first-order valence-electron chi connectivity index (χ1n) is 9.70. The quantitative estimate of drug-likeness (QED) is 0.544. The van der Waals surface area contributed by atoms with E-state index in [-0.39, 0.29) is 10.6 Å². The Balaban J connectivity index is 1.74. The lowest BCUT2D eigenvalue weighted by molar-refractivity contribution is -0.384. The molecule has 0 aliphatic carbocycles. The zero-order chi connectivity index (χ0) is 21.7. The average Bonchev–Trinajstić information content (AvgIpc) is 3.00. The fourth-order valence-electron chi connectivity index (χ4n) is 3.34. The SMILES string of the molecule is Cc1ccc(NC(=O)Nc2ccc([N+](=O)[O-])cc2)cc1S(=O)(=O)N1CCCCCC1. The zero-order valence-corrected chi connectivity index (χ0v) is 17.4. The van der Waals surface area contributed by atoms with Gasteiger partial charge in [-0.2, -0.15) is 4.31 Å². The minimum Gasteiger partial charge on any atom is -0.308 e. The Labute approximate surface area is 175 Å². The van der Waals surface area contributed by atoms with Crippen molar-refractivity contribution < 1.29 is 18.1 Å². The number of carbonyl (C=O) groups excluding carboxylic acids is 1. The van der Waals surface area contributed by atoms with E-state index in [2.05, 4.69) is 10.6 Å². The Hall–Kier alpha value is -2.98. The van der Waals surface area contributed by atoms with E-state index in [1.54, 1.807) is 19.1 Å². The summed E-state index contributed by atoms with van der Waals surface area (Å²) >= 11 is 0. The van der Waals surface area contributed by atoms with Gasteiger partial charge in [0.05, 0.1) is 9.82 Å². The van der Waals surface area contributed by atoms with E-state index in [0.717, 1.165) is 25.7 Å². The van der Waals surface area contributed by atoms with E-state index < -0.39 is 21.0 Å². The van der Waals surface area contributed by atoms with E-state index in [1.165, 1.54) is 34.6 Å². The predicted octanol–water partition coefficient (Wildman–Crippen LogP) is 4.11. The molecule has 1 aliphatic heterocycles. The highest BCUT2D eigenvalue weighted by Crippen LogP contribution is 2.26. The molecule has 2 N–H and O–H groups in total. The first-order valence-corrected chi connectivity index (χ1v) is 11.1. The van der Waals surface area contributed by atoms with Gasteiger partial charge in [0.2, 0.25) is 10.0 Å². The molecule has 0 radical (unpaired) electrons. The minimum atomic E-state index is -3.65. The van der Waals surface area contributed by atoms with Crippen molar-refractivity contribution in [1.29, 1.82) is 0 Å². The van der Waals surface area contributed by atoms with Crippen molar-refractivity contribution in [1.82, 2.24) is 4.31 Å². The number of urea groups is 1. The monoisotopic (exact) mass is 432 g/mol. The maximum absolute atomic E-state index is 13.1. The summed E-state index contributed by atoms with van der Waals surface area (Å²) in [6, 6.07) is 9.58. The molecule has 10 heteroatoms. The Morgan fingerprint density at radius 2 is 1.53 bits per heavy atom. The van der Waals surface area contributed by atoms with Crippen LogP contribution < -0.4 is 10.6 Å². The number of sulfonamides is 1. The van der Waals surface area contributed by atoms with Crippen LogP contribution >= 0.6 is 0 Å². The Morgan fingerprint density at radius 3 is 2.13 bits per heavy atom. The molecule has 2 aromatic rings. The molecule has 1 saturated heterocycles. The normalized spacial score (nSPS) is 15.2. The van der Waals surface area contributed by atoms with Crippen LogP contribution in [-0.4, -0.2) is 36.8 Å². The third kappa shape index (κ3) is 5.14. The van der Waals surface area contributed by atoms with Gasteiger partial charge >= 0.3 is 6.03 Å². The number of aryl methyl sites for hydroxylation is 1. The van der Waals surface area contributed by atoms with Crippen LogP contribution in [0.15, 0.2) is 47.4 Å². The summed E-state index contributed by atoms with van der Waals surface area (Å²) in [5.74, 6) is 0. The molecule has 160 valence electrons. The van der Waals surface area contributed by atoms with Gasteiger partial charge in [0.25, 0.3) is 5.69 Å². The molecule has 1 fully saturated rings. The summed E-state index contributed by atoms with van der Waals surface area (Å²) in [4.78, 5) is 22.6. The third-order valence-electron chi connectivity index (χ3n) is 4.96. The summed E-state index contributed by atoms with van der Waals surface area (Å²) in [5.41, 5.74) is 1.25. The molecule has 0 saturated carbocycles. The van der Waals surface area contributed by atoms with Crippen LogP contribution in [-0.2, 0) is 10.0 Å². The maximum atomic E-state index is 13.1. The van der Waals surface area contributed by atoms with Gasteiger partial charge in [0, 0.05) is 36.6 Å². The number of hydrogen-bond donors (Lipinski definition) is 2. The van der Waals surface area contributed by atoms with Crippen molar-refractivity contribution >= 4 is 33.1 Å². The number of nitrogens with zero attached hydrogens (tertiary/aromatic N) is 2. The number of nitrogens with one attached hydrogen (secondary N) is 2. The van der Waals surface area contributed by atoms with Crippen LogP contribution in [0.4, 0.5) is 21.9 Å². The van der Waals surface area contributed by atoms with Gasteiger partial charge in [0.1, 0.15) is 0 Å². The van der Waals surface area contributed by atoms with Gasteiger partial charge in [0.15, 0.2) is 0 Å². The molecule has 2 amide bonds. The molecule has 0 atom stereocenters. The number of carbonyl (C=O) groups is 1. The van der Waals surface area contributed by atoms with Crippen molar-refractivity contribution in [3.8, 4) is 0 Å². The molecule has 1 heterocycles. The molecule has 2 aromatic carbocycles. The molecular weight excluding hydrogens is 408 g/mol. The number of nitro groups is 1.